The average Bonchev–Trinajstić information content (AvgIpc) is 2.42. The fourth-order valence-electron chi connectivity index (χ4n) is 2.07. The number of anilines is 1. The third-order valence-corrected chi connectivity index (χ3v) is 3.33. The predicted molar refractivity (Wildman–Crippen MR) is 74.0 cm³/mol. The molecule has 2 rings (SSSR count). The van der Waals surface area contributed by atoms with Crippen LogP contribution < -0.4 is 10.6 Å². The highest BCUT2D eigenvalue weighted by Crippen LogP contribution is 2.19. The van der Waals surface area contributed by atoms with Crippen molar-refractivity contribution in [1.82, 2.24) is 15.2 Å². The van der Waals surface area contributed by atoms with Crippen LogP contribution in [0, 0.1) is 0 Å². The van der Waals surface area contributed by atoms with Crippen molar-refractivity contribution in [2.75, 3.05) is 18.4 Å². The maximum atomic E-state index is 12.3. The maximum Gasteiger partial charge on any atom is 0.337 e. The molecule has 1 aliphatic rings. The molecular formula is C13H16N4O4. The van der Waals surface area contributed by atoms with Crippen LogP contribution in [-0.4, -0.2) is 51.5 Å². The van der Waals surface area contributed by atoms with E-state index in [1.807, 2.05) is 0 Å². The summed E-state index contributed by atoms with van der Waals surface area (Å²) in [6, 6.07) is 0.837. The number of aromatic nitrogens is 1. The van der Waals surface area contributed by atoms with Crippen molar-refractivity contribution in [3.8, 4) is 0 Å². The Labute approximate surface area is 121 Å². The van der Waals surface area contributed by atoms with Gasteiger partial charge in [-0.3, -0.25) is 9.78 Å². The molecule has 3 N–H and O–H groups in total. The smallest absolute Gasteiger partial charge is 0.337 e. The molecule has 1 aromatic heterocycles. The summed E-state index contributed by atoms with van der Waals surface area (Å²) in [7, 11) is 0. The van der Waals surface area contributed by atoms with Gasteiger partial charge in [-0.05, 0) is 19.9 Å². The lowest BCUT2D eigenvalue weighted by atomic mass is 9.99. The van der Waals surface area contributed by atoms with E-state index in [4.69, 9.17) is 5.11 Å². The summed E-state index contributed by atoms with van der Waals surface area (Å²) >= 11 is 0. The van der Waals surface area contributed by atoms with Crippen molar-refractivity contribution in [1.29, 1.82) is 0 Å². The zero-order valence-corrected chi connectivity index (χ0v) is 11.7. The molecule has 0 spiro atoms. The van der Waals surface area contributed by atoms with Crippen LogP contribution in [0.2, 0.25) is 0 Å². The van der Waals surface area contributed by atoms with Crippen LogP contribution in [0.5, 0.6) is 0 Å². The quantitative estimate of drug-likeness (QED) is 0.736. The first-order valence-corrected chi connectivity index (χ1v) is 6.37. The number of amides is 3. The normalized spacial score (nSPS) is 17.0. The van der Waals surface area contributed by atoms with E-state index in [1.165, 1.54) is 23.4 Å². The lowest BCUT2D eigenvalue weighted by molar-refractivity contribution is -0.132. The number of piperazine rings is 1. The Balaban J connectivity index is 2.16. The summed E-state index contributed by atoms with van der Waals surface area (Å²) in [5.74, 6) is -1.36. The number of carbonyl (C=O) groups excluding carboxylic acids is 2. The summed E-state index contributed by atoms with van der Waals surface area (Å²) in [6.45, 7) is 4.04. The number of urea groups is 1. The number of aromatic carboxylic acids is 1. The Bertz CT molecular complexity index is 600. The lowest BCUT2D eigenvalue weighted by Crippen LogP contribution is -2.64. The van der Waals surface area contributed by atoms with Gasteiger partial charge in [0.15, 0.2) is 0 Å². The number of nitrogens with zero attached hydrogens (tertiary/aromatic N) is 2. The Hall–Kier alpha value is -2.64. The molecule has 0 radical (unpaired) electrons. The van der Waals surface area contributed by atoms with Crippen LogP contribution in [0.15, 0.2) is 18.5 Å². The number of carboxylic acids is 1. The highest BCUT2D eigenvalue weighted by Gasteiger charge is 2.40. The van der Waals surface area contributed by atoms with Crippen LogP contribution in [0.3, 0.4) is 0 Å². The molecule has 1 saturated heterocycles. The summed E-state index contributed by atoms with van der Waals surface area (Å²) in [5, 5.41) is 14.2. The molecule has 1 fully saturated rings. The first-order chi connectivity index (χ1) is 9.82. The van der Waals surface area contributed by atoms with Crippen molar-refractivity contribution >= 4 is 23.6 Å². The van der Waals surface area contributed by atoms with Crippen LogP contribution in [-0.2, 0) is 4.79 Å². The third-order valence-electron chi connectivity index (χ3n) is 3.33. The molecule has 0 atom stereocenters. The minimum atomic E-state index is -1.13. The standard InChI is InChI=1S/C13H16N4O4/c1-13(2)11(20)15-3-4-17(13)12(21)16-9-5-8(10(18)19)6-14-7-9/h5-7H,3-4H2,1-2H3,(H,15,20)(H,16,21)(H,18,19). The SMILES string of the molecule is CC1(C)C(=O)NCCN1C(=O)Nc1cncc(C(=O)O)c1. The molecule has 112 valence electrons. The van der Waals surface area contributed by atoms with Gasteiger partial charge in [0, 0.05) is 19.3 Å². The zero-order valence-electron chi connectivity index (χ0n) is 11.7. The van der Waals surface area contributed by atoms with E-state index in [0.717, 1.165) is 0 Å². The molecule has 8 nitrogen and oxygen atoms in total. The number of hydrogen-bond donors (Lipinski definition) is 3. The van der Waals surface area contributed by atoms with Gasteiger partial charge in [0.1, 0.15) is 5.54 Å². The number of hydrogen-bond acceptors (Lipinski definition) is 4. The maximum absolute atomic E-state index is 12.3. The number of nitrogens with one attached hydrogen (secondary N) is 2. The first-order valence-electron chi connectivity index (χ1n) is 6.37. The van der Waals surface area contributed by atoms with Crippen molar-refractivity contribution in [3.05, 3.63) is 24.0 Å². The van der Waals surface area contributed by atoms with E-state index in [9.17, 15) is 14.4 Å². The number of carboxylic acid groups (broad SMARTS) is 1. The number of carbonyl (C=O) groups is 3. The topological polar surface area (TPSA) is 112 Å². The van der Waals surface area contributed by atoms with E-state index >= 15 is 0 Å². The Kier molecular flexibility index (Phi) is 3.79. The number of pyridine rings is 1. The van der Waals surface area contributed by atoms with Crippen molar-refractivity contribution in [2.45, 2.75) is 19.4 Å². The zero-order chi connectivity index (χ0) is 15.6. The molecule has 21 heavy (non-hydrogen) atoms. The first kappa shape index (κ1) is 14.8. The minimum Gasteiger partial charge on any atom is -0.478 e. The molecule has 0 bridgehead atoms. The highest BCUT2D eigenvalue weighted by atomic mass is 16.4. The molecule has 8 heteroatoms. The summed E-state index contributed by atoms with van der Waals surface area (Å²) in [5.41, 5.74) is -0.731. The fourth-order valence-corrected chi connectivity index (χ4v) is 2.07. The fraction of sp³-hybridized carbons (Fsp3) is 0.385. The third kappa shape index (κ3) is 2.93. The molecule has 0 aromatic carbocycles. The minimum absolute atomic E-state index is 0.0246. The Morgan fingerprint density at radius 2 is 2.14 bits per heavy atom. The molecule has 1 aliphatic heterocycles. The second kappa shape index (κ2) is 5.39. The molecule has 2 heterocycles. The Morgan fingerprint density at radius 3 is 2.81 bits per heavy atom. The van der Waals surface area contributed by atoms with Gasteiger partial charge in [-0.1, -0.05) is 0 Å². The second-order valence-corrected chi connectivity index (χ2v) is 5.16. The van der Waals surface area contributed by atoms with Gasteiger partial charge in [0.25, 0.3) is 0 Å². The van der Waals surface area contributed by atoms with E-state index in [2.05, 4.69) is 15.6 Å². The van der Waals surface area contributed by atoms with Crippen LogP contribution in [0.25, 0.3) is 0 Å². The molecule has 0 aliphatic carbocycles. The van der Waals surface area contributed by atoms with Crippen molar-refractivity contribution in [3.63, 3.8) is 0 Å². The van der Waals surface area contributed by atoms with Gasteiger partial charge in [-0.15, -0.1) is 0 Å². The van der Waals surface area contributed by atoms with Gasteiger partial charge in [-0.2, -0.15) is 0 Å². The molecule has 3 amide bonds. The van der Waals surface area contributed by atoms with Gasteiger partial charge in [-0.25, -0.2) is 9.59 Å². The van der Waals surface area contributed by atoms with E-state index in [0.29, 0.717) is 13.1 Å². The van der Waals surface area contributed by atoms with E-state index in [-0.39, 0.29) is 17.2 Å². The van der Waals surface area contributed by atoms with Gasteiger partial charge >= 0.3 is 12.0 Å². The van der Waals surface area contributed by atoms with Gasteiger partial charge < -0.3 is 20.6 Å². The summed E-state index contributed by atoms with van der Waals surface area (Å²) in [4.78, 5) is 40.1. The molecule has 0 unspecified atom stereocenters. The lowest BCUT2D eigenvalue weighted by Gasteiger charge is -2.40. The molecule has 0 saturated carbocycles. The molecular weight excluding hydrogens is 276 g/mol. The second-order valence-electron chi connectivity index (χ2n) is 5.16. The van der Waals surface area contributed by atoms with Crippen LogP contribution in [0.1, 0.15) is 24.2 Å². The van der Waals surface area contributed by atoms with Crippen molar-refractivity contribution in [2.24, 2.45) is 0 Å². The van der Waals surface area contributed by atoms with E-state index < -0.39 is 17.5 Å². The number of rotatable bonds is 2. The largest absolute Gasteiger partial charge is 0.478 e. The van der Waals surface area contributed by atoms with Crippen LogP contribution in [0.4, 0.5) is 10.5 Å². The van der Waals surface area contributed by atoms with Crippen molar-refractivity contribution < 1.29 is 19.5 Å². The van der Waals surface area contributed by atoms with Gasteiger partial charge in [0.2, 0.25) is 5.91 Å². The molecule has 1 aromatic rings. The Morgan fingerprint density at radius 1 is 1.43 bits per heavy atom. The monoisotopic (exact) mass is 292 g/mol. The van der Waals surface area contributed by atoms with Gasteiger partial charge in [0.05, 0.1) is 17.4 Å². The predicted octanol–water partition coefficient (Wildman–Crippen LogP) is 0.522. The highest BCUT2D eigenvalue weighted by molar-refractivity contribution is 5.97. The summed E-state index contributed by atoms with van der Waals surface area (Å²) in [6.07, 6.45) is 2.54. The summed E-state index contributed by atoms with van der Waals surface area (Å²) < 4.78 is 0. The average molecular weight is 292 g/mol. The van der Waals surface area contributed by atoms with E-state index in [1.54, 1.807) is 13.8 Å². The van der Waals surface area contributed by atoms with Crippen LogP contribution >= 0.6 is 0 Å².